The van der Waals surface area contributed by atoms with Gasteiger partial charge in [-0.15, -0.1) is 0 Å². The molecule has 3 aliphatic heterocycles. The third-order valence-electron chi connectivity index (χ3n) is 9.65. The summed E-state index contributed by atoms with van der Waals surface area (Å²) in [5.74, 6) is -2.98. The minimum absolute atomic E-state index is 0.132. The zero-order chi connectivity index (χ0) is 41.9. The first-order chi connectivity index (χ1) is 27.6. The van der Waals surface area contributed by atoms with Gasteiger partial charge >= 0.3 is 18.2 Å². The van der Waals surface area contributed by atoms with E-state index in [-0.39, 0.29) is 47.3 Å². The maximum absolute atomic E-state index is 13.8. The number of rotatable bonds is 14. The normalized spacial score (nSPS) is 21.7. The molecule has 3 aromatic carbocycles. The largest absolute Gasteiger partial charge is 0.509 e. The summed E-state index contributed by atoms with van der Waals surface area (Å²) < 4.78 is 17.1. The van der Waals surface area contributed by atoms with Gasteiger partial charge in [0.1, 0.15) is 18.9 Å². The number of hydrogen-bond donors (Lipinski definition) is 2. The number of carbonyl (C=O) groups is 4. The number of ether oxygens (including phenoxy) is 3. The van der Waals surface area contributed by atoms with E-state index in [4.69, 9.17) is 14.2 Å². The molecule has 0 spiro atoms. The molecule has 3 aromatic rings. The predicted octanol–water partition coefficient (Wildman–Crippen LogP) is 5.01. The zero-order valence-corrected chi connectivity index (χ0v) is 31.9. The molecule has 20 nitrogen and oxygen atoms in total. The van der Waals surface area contributed by atoms with E-state index >= 15 is 0 Å². The van der Waals surface area contributed by atoms with Gasteiger partial charge in [0.15, 0.2) is 5.60 Å². The number of benzene rings is 3. The molecule has 304 valence electrons. The van der Waals surface area contributed by atoms with Crippen LogP contribution in [0.1, 0.15) is 23.6 Å². The van der Waals surface area contributed by atoms with Crippen LogP contribution in [0.5, 0.6) is 0 Å². The lowest BCUT2D eigenvalue weighted by Crippen LogP contribution is -2.70. The number of thioether (sulfide) groups is 2. The minimum atomic E-state index is -2.12. The Kier molecular flexibility index (Phi) is 12.2. The average molecular weight is 840 g/mol. The quantitative estimate of drug-likeness (QED) is 0.0934. The Labute approximate surface area is 336 Å². The lowest BCUT2D eigenvalue weighted by molar-refractivity contribution is -0.385. The van der Waals surface area contributed by atoms with E-state index < -0.39 is 80.2 Å². The first-order valence-electron chi connectivity index (χ1n) is 17.3. The van der Waals surface area contributed by atoms with Crippen molar-refractivity contribution >= 4 is 64.7 Å². The highest BCUT2D eigenvalue weighted by molar-refractivity contribution is 8.06. The second-order valence-electron chi connectivity index (χ2n) is 13.3. The van der Waals surface area contributed by atoms with E-state index in [0.717, 1.165) is 16.7 Å². The van der Waals surface area contributed by atoms with Gasteiger partial charge in [-0.05, 0) is 47.9 Å². The number of β-lactam (4-membered cyclic amide) rings is 1. The SMILES string of the molecule is C[C@@H](O)[C@H]1C(=O)N2C(C(=O)O)=C(SC3CSCCN3C(=O)OCc3ccc([N+](=O)[O-])cc3)[C@](Cc3ccc([N+](=O)[O-])cc3)(OC(=O)OCc3ccc([N+](=O)[O-])cc3)[C@H]12. The molecule has 6 rings (SSSR count). The molecule has 1 unspecified atom stereocenters. The van der Waals surface area contributed by atoms with Crippen LogP contribution in [0.25, 0.3) is 0 Å². The van der Waals surface area contributed by atoms with E-state index in [2.05, 4.69) is 0 Å². The first kappa shape index (κ1) is 41.4. The van der Waals surface area contributed by atoms with Crippen LogP contribution >= 0.6 is 23.5 Å². The highest BCUT2D eigenvalue weighted by Gasteiger charge is 2.70. The van der Waals surface area contributed by atoms with Crippen molar-refractivity contribution in [2.24, 2.45) is 5.92 Å². The van der Waals surface area contributed by atoms with Crippen molar-refractivity contribution in [3.8, 4) is 0 Å². The minimum Gasteiger partial charge on any atom is -0.477 e. The third kappa shape index (κ3) is 8.38. The maximum Gasteiger partial charge on any atom is 0.509 e. The number of fused-ring (bicyclic) bond motifs is 1. The van der Waals surface area contributed by atoms with E-state index in [9.17, 15) is 59.7 Å². The topological polar surface area (TPSA) is 272 Å². The van der Waals surface area contributed by atoms with Crippen molar-refractivity contribution in [2.45, 2.75) is 49.7 Å². The lowest BCUT2D eigenvalue weighted by atomic mass is 9.73. The van der Waals surface area contributed by atoms with Crippen LogP contribution in [-0.2, 0) is 43.4 Å². The van der Waals surface area contributed by atoms with Crippen LogP contribution in [0.15, 0.2) is 83.4 Å². The molecular formula is C36H33N5O15S2. The summed E-state index contributed by atoms with van der Waals surface area (Å²) in [6.45, 7) is 0.751. The van der Waals surface area contributed by atoms with E-state index in [0.29, 0.717) is 22.4 Å². The summed E-state index contributed by atoms with van der Waals surface area (Å²) in [5, 5.41) is 54.3. The molecule has 2 amide bonds. The van der Waals surface area contributed by atoms with Crippen LogP contribution in [0.3, 0.4) is 0 Å². The second kappa shape index (κ2) is 17.1. The third-order valence-corrected chi connectivity index (χ3v) is 12.3. The van der Waals surface area contributed by atoms with Crippen LogP contribution in [0.4, 0.5) is 26.7 Å². The summed E-state index contributed by atoms with van der Waals surface area (Å²) >= 11 is 2.26. The van der Waals surface area contributed by atoms with Crippen molar-refractivity contribution in [2.75, 3.05) is 18.1 Å². The smallest absolute Gasteiger partial charge is 0.477 e. The van der Waals surface area contributed by atoms with Crippen molar-refractivity contribution in [1.82, 2.24) is 9.80 Å². The first-order valence-corrected chi connectivity index (χ1v) is 19.4. The van der Waals surface area contributed by atoms with Crippen molar-refractivity contribution in [3.05, 3.63) is 130 Å². The predicted molar refractivity (Wildman–Crippen MR) is 203 cm³/mol. The fourth-order valence-electron chi connectivity index (χ4n) is 6.90. The van der Waals surface area contributed by atoms with Gasteiger partial charge in [-0.25, -0.2) is 14.4 Å². The fourth-order valence-corrected chi connectivity index (χ4v) is 9.65. The number of carboxylic acids is 1. The second-order valence-corrected chi connectivity index (χ2v) is 15.6. The number of nitro groups is 3. The molecular weight excluding hydrogens is 807 g/mol. The molecule has 0 radical (unpaired) electrons. The summed E-state index contributed by atoms with van der Waals surface area (Å²) in [6.07, 6.45) is -3.90. The Balaban J connectivity index is 1.37. The van der Waals surface area contributed by atoms with Gasteiger partial charge in [0, 0.05) is 60.9 Å². The number of non-ortho nitro benzene ring substituents is 3. The Morgan fingerprint density at radius 3 is 1.84 bits per heavy atom. The fraction of sp³-hybridized carbons (Fsp3) is 0.333. The molecule has 2 fully saturated rings. The number of nitrogens with zero attached hydrogens (tertiary/aromatic N) is 5. The molecule has 0 saturated carbocycles. The Morgan fingerprint density at radius 2 is 1.36 bits per heavy atom. The average Bonchev–Trinajstić information content (AvgIpc) is 3.41. The molecule has 58 heavy (non-hydrogen) atoms. The van der Waals surface area contributed by atoms with Crippen molar-refractivity contribution < 1.29 is 58.4 Å². The summed E-state index contributed by atoms with van der Waals surface area (Å²) in [5.41, 5.74) is -2.24. The molecule has 2 saturated heterocycles. The maximum atomic E-state index is 13.8. The molecule has 2 N–H and O–H groups in total. The van der Waals surface area contributed by atoms with Crippen LogP contribution in [0.2, 0.25) is 0 Å². The van der Waals surface area contributed by atoms with Crippen LogP contribution < -0.4 is 0 Å². The lowest BCUT2D eigenvalue weighted by Gasteiger charge is -2.50. The number of carboxylic acid groups (broad SMARTS) is 1. The monoisotopic (exact) mass is 839 g/mol. The number of aliphatic hydroxyl groups excluding tert-OH is 1. The van der Waals surface area contributed by atoms with E-state index in [1.165, 1.54) is 96.4 Å². The van der Waals surface area contributed by atoms with Gasteiger partial charge in [0.2, 0.25) is 5.91 Å². The summed E-state index contributed by atoms with van der Waals surface area (Å²) in [6, 6.07) is 14.3. The Morgan fingerprint density at radius 1 is 0.862 bits per heavy atom. The number of aliphatic hydroxyl groups is 1. The number of nitro benzene ring substituents is 3. The number of aliphatic carboxylic acids is 1. The van der Waals surface area contributed by atoms with Gasteiger partial charge in [-0.2, -0.15) is 11.8 Å². The highest BCUT2D eigenvalue weighted by atomic mass is 32.2. The number of carbonyl (C=O) groups excluding carboxylic acids is 3. The summed E-state index contributed by atoms with van der Waals surface area (Å²) in [7, 11) is 0. The van der Waals surface area contributed by atoms with Crippen molar-refractivity contribution in [1.29, 1.82) is 0 Å². The van der Waals surface area contributed by atoms with Gasteiger partial charge in [-0.3, -0.25) is 44.9 Å². The molecule has 0 bridgehead atoms. The Bertz CT molecular complexity index is 2170. The van der Waals surface area contributed by atoms with Gasteiger partial charge in [0.05, 0.1) is 43.1 Å². The zero-order valence-electron chi connectivity index (χ0n) is 30.2. The standard InChI is InChI=1S/C36H33N5O15S2/c1-20(42)28-30-36(16-21-2-8-24(9-3-21)39(48)49,56-35(47)55-18-23-6-12-26(13-7-23)41(52)53)31(29(33(44)45)38(30)32(28)43)58-27-19-57-15-14-37(27)34(46)54-17-22-4-10-25(11-5-22)40(50)51/h2-13,20,27-28,30,42H,14-19H2,1H3,(H,44,45)/t20-,27?,28-,30+,36-/m1/s1. The highest BCUT2D eigenvalue weighted by Crippen LogP contribution is 2.57. The number of amides is 2. The van der Waals surface area contributed by atoms with E-state index in [1.54, 1.807) is 0 Å². The molecule has 0 aromatic heterocycles. The van der Waals surface area contributed by atoms with Gasteiger partial charge in [0.25, 0.3) is 17.1 Å². The van der Waals surface area contributed by atoms with Gasteiger partial charge < -0.3 is 24.4 Å². The number of hydrogen-bond acceptors (Lipinski definition) is 16. The molecule has 5 atom stereocenters. The van der Waals surface area contributed by atoms with Crippen molar-refractivity contribution in [3.63, 3.8) is 0 Å². The van der Waals surface area contributed by atoms with Crippen LogP contribution in [-0.4, -0.2) is 100 Å². The van der Waals surface area contributed by atoms with E-state index in [1.807, 2.05) is 0 Å². The molecule has 0 aliphatic carbocycles. The molecule has 3 heterocycles. The van der Waals surface area contributed by atoms with Gasteiger partial charge in [-0.1, -0.05) is 23.9 Å². The summed E-state index contributed by atoms with van der Waals surface area (Å²) in [4.78, 5) is 88.2. The Hall–Kier alpha value is -6.26. The molecule has 3 aliphatic rings. The molecule has 22 heteroatoms. The van der Waals surface area contributed by atoms with Crippen LogP contribution in [0, 0.1) is 36.3 Å².